The summed E-state index contributed by atoms with van der Waals surface area (Å²) in [6.45, 7) is 6.51. The maximum atomic E-state index is 13.5. The second-order valence-corrected chi connectivity index (χ2v) is 13.7. The number of rotatable bonds is 9. The van der Waals surface area contributed by atoms with Crippen LogP contribution in [0.4, 0.5) is 10.5 Å². The van der Waals surface area contributed by atoms with E-state index in [0.717, 1.165) is 61.4 Å². The fourth-order valence-corrected chi connectivity index (χ4v) is 7.77. The molecule has 38 heavy (non-hydrogen) atoms. The fraction of sp³-hybridized carbons (Fsp3) is 0.577. The maximum Gasteiger partial charge on any atom is 0.411 e. The first kappa shape index (κ1) is 28.5. The van der Waals surface area contributed by atoms with E-state index in [9.17, 15) is 18.0 Å². The van der Waals surface area contributed by atoms with Gasteiger partial charge in [-0.15, -0.1) is 11.3 Å². The van der Waals surface area contributed by atoms with E-state index >= 15 is 0 Å². The van der Waals surface area contributed by atoms with Crippen molar-refractivity contribution in [2.75, 3.05) is 18.5 Å². The number of amides is 2. The Morgan fingerprint density at radius 3 is 2.63 bits per heavy atom. The largest absolute Gasteiger partial charge is 0.448 e. The molecule has 2 aliphatic rings. The van der Waals surface area contributed by atoms with Crippen LogP contribution >= 0.6 is 11.3 Å². The monoisotopic (exact) mass is 563 g/mol. The van der Waals surface area contributed by atoms with Crippen LogP contribution in [0.1, 0.15) is 70.2 Å². The average molecular weight is 564 g/mol. The van der Waals surface area contributed by atoms with Crippen molar-refractivity contribution < 1.29 is 22.7 Å². The topological polar surface area (TPSA) is 139 Å². The van der Waals surface area contributed by atoms with Crippen LogP contribution in [0.5, 0.6) is 0 Å². The quantitative estimate of drug-likeness (QED) is 0.339. The zero-order valence-corrected chi connectivity index (χ0v) is 23.7. The van der Waals surface area contributed by atoms with Crippen molar-refractivity contribution in [2.45, 2.75) is 87.7 Å². The Bertz CT molecular complexity index is 1230. The molecule has 0 bridgehead atoms. The van der Waals surface area contributed by atoms with E-state index in [4.69, 9.17) is 4.74 Å². The molecule has 0 spiro atoms. The number of anilines is 1. The molecule has 0 radical (unpaired) electrons. The lowest BCUT2D eigenvalue weighted by molar-refractivity contribution is -0.110. The first-order valence-electron chi connectivity index (χ1n) is 13.0. The van der Waals surface area contributed by atoms with Crippen molar-refractivity contribution in [1.29, 1.82) is 0 Å². The molecule has 1 atom stereocenters. The summed E-state index contributed by atoms with van der Waals surface area (Å²) in [5, 5.41) is 9.76. The average Bonchev–Trinajstić information content (AvgIpc) is 3.55. The molecule has 2 fully saturated rings. The van der Waals surface area contributed by atoms with Crippen LogP contribution in [-0.2, 0) is 19.6 Å². The number of nitrogens with one attached hydrogen (secondary N) is 4. The van der Waals surface area contributed by atoms with Gasteiger partial charge in [0, 0.05) is 41.0 Å². The molecule has 2 aromatic rings. The predicted molar refractivity (Wildman–Crippen MR) is 148 cm³/mol. The molecular weight excluding hydrogens is 526 g/mol. The summed E-state index contributed by atoms with van der Waals surface area (Å²) in [4.78, 5) is 28.6. The minimum atomic E-state index is -3.92. The fourth-order valence-electron chi connectivity index (χ4n) is 4.92. The van der Waals surface area contributed by atoms with Gasteiger partial charge in [-0.25, -0.2) is 22.9 Å². The lowest BCUT2D eigenvalue weighted by Crippen LogP contribution is -2.40. The van der Waals surface area contributed by atoms with Crippen molar-refractivity contribution in [3.63, 3.8) is 0 Å². The second-order valence-electron chi connectivity index (χ2n) is 11.0. The van der Waals surface area contributed by atoms with Crippen molar-refractivity contribution in [3.05, 3.63) is 29.4 Å². The summed E-state index contributed by atoms with van der Waals surface area (Å²) >= 11 is 1.49. The zero-order chi connectivity index (χ0) is 27.3. The van der Waals surface area contributed by atoms with E-state index in [1.165, 1.54) is 17.4 Å². The molecular formula is C26H37N5O5S2. The van der Waals surface area contributed by atoms with E-state index in [1.807, 2.05) is 0 Å². The van der Waals surface area contributed by atoms with Crippen LogP contribution in [0.3, 0.4) is 0 Å². The van der Waals surface area contributed by atoms with Crippen molar-refractivity contribution in [3.8, 4) is 10.4 Å². The molecule has 1 aromatic heterocycles. The van der Waals surface area contributed by atoms with Crippen molar-refractivity contribution in [2.24, 2.45) is 0 Å². The number of nitrogens with zero attached hydrogens (tertiary/aromatic N) is 1. The van der Waals surface area contributed by atoms with Crippen LogP contribution in [0.25, 0.3) is 10.4 Å². The molecule has 1 aliphatic carbocycles. The van der Waals surface area contributed by atoms with Gasteiger partial charge in [0.2, 0.25) is 16.4 Å². The van der Waals surface area contributed by atoms with E-state index in [1.54, 1.807) is 39.1 Å². The van der Waals surface area contributed by atoms with Crippen LogP contribution in [-0.4, -0.2) is 56.7 Å². The Kier molecular flexibility index (Phi) is 9.07. The minimum absolute atomic E-state index is 0.0665. The summed E-state index contributed by atoms with van der Waals surface area (Å²) in [7, 11) is -3.92. The predicted octanol–water partition coefficient (Wildman–Crippen LogP) is 3.96. The minimum Gasteiger partial charge on any atom is -0.448 e. The molecule has 208 valence electrons. The van der Waals surface area contributed by atoms with Crippen LogP contribution in [0.2, 0.25) is 0 Å². The van der Waals surface area contributed by atoms with Crippen molar-refractivity contribution >= 4 is 39.6 Å². The SMILES string of the molecule is CC(C)(C)NS(=O)(=O)c1cc(NC(=O)OCC2CCCN2)ccc1-c1cnc(C2CCC(NC=O)CC2)s1. The van der Waals surface area contributed by atoms with Crippen LogP contribution in [0, 0.1) is 0 Å². The highest BCUT2D eigenvalue weighted by Crippen LogP contribution is 2.40. The molecule has 4 rings (SSSR count). The first-order valence-corrected chi connectivity index (χ1v) is 15.3. The van der Waals surface area contributed by atoms with Crippen molar-refractivity contribution in [1.82, 2.24) is 20.3 Å². The lowest BCUT2D eigenvalue weighted by Gasteiger charge is -2.26. The molecule has 10 nitrogen and oxygen atoms in total. The Balaban J connectivity index is 1.56. The van der Waals surface area contributed by atoms with E-state index in [2.05, 4.69) is 25.7 Å². The third-order valence-electron chi connectivity index (χ3n) is 6.71. The number of hydrogen-bond donors (Lipinski definition) is 4. The van der Waals surface area contributed by atoms with Gasteiger partial charge < -0.3 is 15.4 Å². The molecule has 2 heterocycles. The number of benzene rings is 1. The third kappa shape index (κ3) is 7.52. The van der Waals surface area contributed by atoms with Gasteiger partial charge in [-0.3, -0.25) is 10.1 Å². The normalized spacial score (nSPS) is 22.1. The third-order valence-corrected chi connectivity index (χ3v) is 9.70. The molecule has 4 N–H and O–H groups in total. The first-order chi connectivity index (χ1) is 18.0. The molecule has 1 saturated heterocycles. The smallest absolute Gasteiger partial charge is 0.411 e. The van der Waals surface area contributed by atoms with E-state index in [-0.39, 0.29) is 29.5 Å². The molecule has 1 saturated carbocycles. The molecule has 2 amide bonds. The summed E-state index contributed by atoms with van der Waals surface area (Å²) < 4.78 is 35.0. The number of sulfonamides is 1. The number of carbonyl (C=O) groups is 2. The summed E-state index contributed by atoms with van der Waals surface area (Å²) in [5.41, 5.74) is 0.161. The number of carbonyl (C=O) groups excluding carboxylic acids is 2. The highest BCUT2D eigenvalue weighted by Gasteiger charge is 2.28. The molecule has 12 heteroatoms. The van der Waals surface area contributed by atoms with Crippen LogP contribution in [0.15, 0.2) is 29.3 Å². The summed E-state index contributed by atoms with van der Waals surface area (Å²) in [6, 6.07) is 5.19. The Hall–Kier alpha value is -2.54. The van der Waals surface area contributed by atoms with Crippen LogP contribution < -0.4 is 20.7 Å². The van der Waals surface area contributed by atoms with Gasteiger partial charge >= 0.3 is 6.09 Å². The standard InChI is InChI=1S/C26H37N5O5S2/c1-26(2,3)31-38(34,35)23-13-19(30-25(33)36-15-20-5-4-12-27-20)10-11-21(23)22-14-28-24(37-22)17-6-8-18(9-7-17)29-16-32/h10-11,13-14,16-18,20,27,31H,4-9,12,15H2,1-3H3,(H,29,32)(H,30,33). The number of ether oxygens (including phenoxy) is 1. The number of thiazole rings is 1. The highest BCUT2D eigenvalue weighted by atomic mass is 32.2. The Labute approximate surface area is 228 Å². The lowest BCUT2D eigenvalue weighted by atomic mass is 9.86. The molecule has 1 aliphatic heterocycles. The number of aromatic nitrogens is 1. The van der Waals surface area contributed by atoms with Gasteiger partial charge in [0.1, 0.15) is 6.61 Å². The van der Waals surface area contributed by atoms with Gasteiger partial charge in [0.25, 0.3) is 0 Å². The molecule has 1 aromatic carbocycles. The van der Waals surface area contributed by atoms with Gasteiger partial charge in [0.15, 0.2) is 0 Å². The Morgan fingerprint density at radius 2 is 1.97 bits per heavy atom. The van der Waals surface area contributed by atoms with Gasteiger partial charge in [0.05, 0.1) is 14.8 Å². The highest BCUT2D eigenvalue weighted by molar-refractivity contribution is 7.89. The zero-order valence-electron chi connectivity index (χ0n) is 22.1. The number of hydrogen-bond acceptors (Lipinski definition) is 8. The van der Waals surface area contributed by atoms with Gasteiger partial charge in [-0.05, 0) is 78.0 Å². The maximum absolute atomic E-state index is 13.5. The summed E-state index contributed by atoms with van der Waals surface area (Å²) in [5.74, 6) is 0.274. The second kappa shape index (κ2) is 12.1. The van der Waals surface area contributed by atoms with Gasteiger partial charge in [-0.2, -0.15) is 0 Å². The van der Waals surface area contributed by atoms with E-state index < -0.39 is 21.7 Å². The Morgan fingerprint density at radius 1 is 1.21 bits per heavy atom. The van der Waals surface area contributed by atoms with Gasteiger partial charge in [-0.1, -0.05) is 6.07 Å². The molecule has 1 unspecified atom stereocenters. The van der Waals surface area contributed by atoms with E-state index in [0.29, 0.717) is 11.3 Å². The summed E-state index contributed by atoms with van der Waals surface area (Å²) in [6.07, 6.45) is 7.46.